The van der Waals surface area contributed by atoms with Crippen molar-refractivity contribution in [1.82, 2.24) is 14.9 Å². The number of aromatic nitrogens is 3. The molecule has 156 valence electrons. The van der Waals surface area contributed by atoms with Crippen LogP contribution in [0.4, 0.5) is 10.1 Å². The standard InChI is InChI=1S/C21H22FN5O2S/c1-3-17-24-25-21-27(17)26-18(13-5-7-14(22)8-6-13)19(30-21)20(28)23-15-9-11-16(12-10-15)29-4-2/h5-12,18-19,26H,3-4H2,1-2H3,(H,23,28)/t18-,19-/m0/s1. The van der Waals surface area contributed by atoms with Crippen molar-refractivity contribution in [3.05, 3.63) is 65.7 Å². The normalized spacial score (nSPS) is 17.7. The van der Waals surface area contributed by atoms with Gasteiger partial charge in [-0.3, -0.25) is 4.79 Å². The van der Waals surface area contributed by atoms with Gasteiger partial charge in [0.05, 0.1) is 12.6 Å². The lowest BCUT2D eigenvalue weighted by molar-refractivity contribution is -0.116. The number of benzene rings is 2. The van der Waals surface area contributed by atoms with Crippen LogP contribution in [-0.4, -0.2) is 32.6 Å². The van der Waals surface area contributed by atoms with Crippen LogP contribution in [0.5, 0.6) is 5.75 Å². The number of anilines is 1. The molecule has 0 aliphatic carbocycles. The first-order valence-electron chi connectivity index (χ1n) is 9.75. The molecule has 2 heterocycles. The van der Waals surface area contributed by atoms with Gasteiger partial charge in [0.25, 0.3) is 0 Å². The van der Waals surface area contributed by atoms with Gasteiger partial charge in [0.1, 0.15) is 16.8 Å². The number of thioether (sulfide) groups is 1. The first-order valence-corrected chi connectivity index (χ1v) is 10.6. The van der Waals surface area contributed by atoms with Crippen LogP contribution in [0.25, 0.3) is 0 Å². The molecule has 0 fully saturated rings. The minimum absolute atomic E-state index is 0.182. The number of fused-ring (bicyclic) bond motifs is 1. The third-order valence-electron chi connectivity index (χ3n) is 4.74. The molecule has 0 saturated carbocycles. The Kier molecular flexibility index (Phi) is 5.89. The summed E-state index contributed by atoms with van der Waals surface area (Å²) in [7, 11) is 0. The minimum Gasteiger partial charge on any atom is -0.494 e. The van der Waals surface area contributed by atoms with Crippen LogP contribution >= 0.6 is 11.8 Å². The van der Waals surface area contributed by atoms with Crippen LogP contribution in [-0.2, 0) is 11.2 Å². The summed E-state index contributed by atoms with van der Waals surface area (Å²) in [6, 6.07) is 13.0. The number of hydrogen-bond donors (Lipinski definition) is 2. The lowest BCUT2D eigenvalue weighted by Gasteiger charge is -2.33. The average molecular weight is 428 g/mol. The van der Waals surface area contributed by atoms with E-state index in [0.29, 0.717) is 23.9 Å². The zero-order chi connectivity index (χ0) is 21.1. The molecule has 3 aromatic rings. The van der Waals surface area contributed by atoms with Crippen molar-refractivity contribution >= 4 is 23.4 Å². The Morgan fingerprint density at radius 3 is 2.57 bits per heavy atom. The van der Waals surface area contributed by atoms with E-state index >= 15 is 0 Å². The van der Waals surface area contributed by atoms with Gasteiger partial charge in [-0.05, 0) is 48.9 Å². The largest absolute Gasteiger partial charge is 0.494 e. The number of halogens is 1. The van der Waals surface area contributed by atoms with Crippen molar-refractivity contribution in [1.29, 1.82) is 0 Å². The van der Waals surface area contributed by atoms with E-state index in [2.05, 4.69) is 20.9 Å². The van der Waals surface area contributed by atoms with Crippen LogP contribution in [0.3, 0.4) is 0 Å². The number of nitrogens with zero attached hydrogens (tertiary/aromatic N) is 3. The number of rotatable bonds is 6. The van der Waals surface area contributed by atoms with E-state index < -0.39 is 5.25 Å². The predicted octanol–water partition coefficient (Wildman–Crippen LogP) is 3.78. The Bertz CT molecular complexity index is 1020. The van der Waals surface area contributed by atoms with Crippen molar-refractivity contribution in [2.45, 2.75) is 36.7 Å². The average Bonchev–Trinajstić information content (AvgIpc) is 3.17. The van der Waals surface area contributed by atoms with E-state index in [1.807, 2.05) is 26.0 Å². The van der Waals surface area contributed by atoms with E-state index in [9.17, 15) is 9.18 Å². The summed E-state index contributed by atoms with van der Waals surface area (Å²) in [5, 5.41) is 11.4. The van der Waals surface area contributed by atoms with Crippen LogP contribution in [0, 0.1) is 5.82 Å². The molecule has 0 spiro atoms. The first kappa shape index (κ1) is 20.2. The minimum atomic E-state index is -0.525. The van der Waals surface area contributed by atoms with Crippen molar-refractivity contribution < 1.29 is 13.9 Å². The molecule has 30 heavy (non-hydrogen) atoms. The molecular weight excluding hydrogens is 405 g/mol. The van der Waals surface area contributed by atoms with Gasteiger partial charge in [0, 0.05) is 12.1 Å². The van der Waals surface area contributed by atoms with E-state index in [-0.39, 0.29) is 17.8 Å². The third-order valence-corrected chi connectivity index (χ3v) is 5.96. The molecule has 7 nitrogen and oxygen atoms in total. The molecule has 0 bridgehead atoms. The van der Waals surface area contributed by atoms with Gasteiger partial charge < -0.3 is 15.5 Å². The lowest BCUT2D eigenvalue weighted by atomic mass is 10.0. The molecule has 1 aliphatic rings. The summed E-state index contributed by atoms with van der Waals surface area (Å²) < 4.78 is 20.7. The van der Waals surface area contributed by atoms with E-state index in [1.54, 1.807) is 28.9 Å². The number of ether oxygens (including phenoxy) is 1. The van der Waals surface area contributed by atoms with Gasteiger partial charge in [-0.15, -0.1) is 10.2 Å². The summed E-state index contributed by atoms with van der Waals surface area (Å²) in [5.41, 5.74) is 4.81. The van der Waals surface area contributed by atoms with Gasteiger partial charge >= 0.3 is 0 Å². The monoisotopic (exact) mass is 427 g/mol. The molecule has 0 radical (unpaired) electrons. The fourth-order valence-electron chi connectivity index (χ4n) is 3.26. The topological polar surface area (TPSA) is 81.1 Å². The number of aryl methyl sites for hydroxylation is 1. The highest BCUT2D eigenvalue weighted by molar-refractivity contribution is 8.00. The lowest BCUT2D eigenvalue weighted by Crippen LogP contribution is -2.41. The van der Waals surface area contributed by atoms with Gasteiger partial charge in [-0.2, -0.15) is 0 Å². The molecule has 0 unspecified atom stereocenters. The molecule has 2 atom stereocenters. The van der Waals surface area contributed by atoms with Gasteiger partial charge in [-0.25, -0.2) is 9.07 Å². The third kappa shape index (κ3) is 4.11. The summed E-state index contributed by atoms with van der Waals surface area (Å²) in [4.78, 5) is 13.2. The second-order valence-electron chi connectivity index (χ2n) is 6.73. The highest BCUT2D eigenvalue weighted by atomic mass is 32.2. The van der Waals surface area contributed by atoms with Gasteiger partial charge in [0.15, 0.2) is 5.82 Å². The maximum Gasteiger partial charge on any atom is 0.240 e. The van der Waals surface area contributed by atoms with E-state index in [1.165, 1.54) is 23.9 Å². The Morgan fingerprint density at radius 2 is 1.90 bits per heavy atom. The van der Waals surface area contributed by atoms with Gasteiger partial charge in [-0.1, -0.05) is 30.8 Å². The SMILES string of the molecule is CCOc1ccc(NC(=O)[C@H]2Sc3nnc(CC)n3N[C@H]2c2ccc(F)cc2)cc1. The molecule has 1 aromatic heterocycles. The number of nitrogens with one attached hydrogen (secondary N) is 2. The molecular formula is C21H22FN5O2S. The molecule has 2 aromatic carbocycles. The summed E-state index contributed by atoms with van der Waals surface area (Å²) in [6.07, 6.45) is 0.694. The Hall–Kier alpha value is -3.07. The Morgan fingerprint density at radius 1 is 1.17 bits per heavy atom. The van der Waals surface area contributed by atoms with Crippen molar-refractivity contribution in [2.75, 3.05) is 17.3 Å². The molecule has 9 heteroatoms. The smallest absolute Gasteiger partial charge is 0.240 e. The number of amides is 1. The molecule has 2 N–H and O–H groups in total. The zero-order valence-electron chi connectivity index (χ0n) is 16.6. The summed E-state index contributed by atoms with van der Waals surface area (Å²) in [6.45, 7) is 4.48. The molecule has 1 aliphatic heterocycles. The molecule has 4 rings (SSSR count). The highest BCUT2D eigenvalue weighted by Gasteiger charge is 2.37. The van der Waals surface area contributed by atoms with Gasteiger partial charge in [0.2, 0.25) is 11.1 Å². The molecule has 1 amide bonds. The second-order valence-corrected chi connectivity index (χ2v) is 7.84. The quantitative estimate of drug-likeness (QED) is 0.623. The van der Waals surface area contributed by atoms with Crippen LogP contribution in [0.15, 0.2) is 53.7 Å². The fraction of sp³-hybridized carbons (Fsp3) is 0.286. The van der Waals surface area contributed by atoms with Crippen LogP contribution in [0.2, 0.25) is 0 Å². The second kappa shape index (κ2) is 8.74. The van der Waals surface area contributed by atoms with Crippen molar-refractivity contribution in [3.63, 3.8) is 0 Å². The maximum absolute atomic E-state index is 13.5. The molecule has 0 saturated heterocycles. The Balaban J connectivity index is 1.60. The number of hydrogen-bond acceptors (Lipinski definition) is 6. The van der Waals surface area contributed by atoms with E-state index in [0.717, 1.165) is 17.1 Å². The first-order chi connectivity index (χ1) is 14.6. The predicted molar refractivity (Wildman–Crippen MR) is 114 cm³/mol. The number of carbonyl (C=O) groups excluding carboxylic acids is 1. The summed E-state index contributed by atoms with van der Waals surface area (Å²) in [5.74, 6) is 1.01. The fourth-order valence-corrected chi connectivity index (χ4v) is 4.36. The van der Waals surface area contributed by atoms with E-state index in [4.69, 9.17) is 4.74 Å². The van der Waals surface area contributed by atoms with Crippen LogP contribution in [0.1, 0.15) is 31.3 Å². The van der Waals surface area contributed by atoms with Crippen molar-refractivity contribution in [3.8, 4) is 5.75 Å². The van der Waals surface area contributed by atoms with Crippen molar-refractivity contribution in [2.24, 2.45) is 0 Å². The zero-order valence-corrected chi connectivity index (χ0v) is 17.4. The summed E-state index contributed by atoms with van der Waals surface area (Å²) >= 11 is 1.34. The highest BCUT2D eigenvalue weighted by Crippen LogP contribution is 2.37. The maximum atomic E-state index is 13.5. The Labute approximate surface area is 178 Å². The van der Waals surface area contributed by atoms with Crippen LogP contribution < -0.4 is 15.5 Å². The number of carbonyl (C=O) groups is 1.